The molecule has 1 aromatic rings. The highest BCUT2D eigenvalue weighted by Crippen LogP contribution is 2.16. The van der Waals surface area contributed by atoms with E-state index in [1.165, 1.54) is 12.2 Å². The van der Waals surface area contributed by atoms with Crippen LogP contribution in [0.5, 0.6) is 0 Å². The van der Waals surface area contributed by atoms with E-state index in [0.717, 1.165) is 0 Å². The molecule has 0 spiro atoms. The molecule has 4 nitrogen and oxygen atoms in total. The number of benzene rings is 1. The fraction of sp³-hybridized carbons (Fsp3) is 0.0714. The van der Waals surface area contributed by atoms with Gasteiger partial charge in [0.1, 0.15) is 5.71 Å². The molecule has 0 radical (unpaired) electrons. The molecule has 0 atom stereocenters. The van der Waals surface area contributed by atoms with Gasteiger partial charge in [-0.1, -0.05) is 28.9 Å². The maximum Gasteiger partial charge on any atom is 0.367 e. The number of ketones is 1. The van der Waals surface area contributed by atoms with Crippen molar-refractivity contribution < 1.29 is 14.4 Å². The molecule has 1 aliphatic carbocycles. The molecule has 0 saturated carbocycles. The van der Waals surface area contributed by atoms with Crippen molar-refractivity contribution in [2.45, 2.75) is 6.92 Å². The van der Waals surface area contributed by atoms with Crippen LogP contribution in [0.3, 0.4) is 0 Å². The minimum atomic E-state index is -0.644. The summed E-state index contributed by atoms with van der Waals surface area (Å²) in [7, 11) is 0. The predicted molar refractivity (Wildman–Crippen MR) is 72.2 cm³/mol. The van der Waals surface area contributed by atoms with E-state index in [1.807, 2.05) is 0 Å². The smallest absolute Gasteiger partial charge is 0.312 e. The van der Waals surface area contributed by atoms with Crippen LogP contribution >= 0.6 is 11.6 Å². The molecular formula is C14H10ClNO3. The van der Waals surface area contributed by atoms with Gasteiger partial charge in [0.15, 0.2) is 5.78 Å². The lowest BCUT2D eigenvalue weighted by Gasteiger charge is -2.04. The van der Waals surface area contributed by atoms with Gasteiger partial charge >= 0.3 is 5.97 Å². The van der Waals surface area contributed by atoms with Crippen LogP contribution in [0.4, 0.5) is 0 Å². The van der Waals surface area contributed by atoms with Gasteiger partial charge in [0, 0.05) is 0 Å². The minimum Gasteiger partial charge on any atom is -0.312 e. The first-order valence-electron chi connectivity index (χ1n) is 5.52. The molecule has 0 unspecified atom stereocenters. The molecule has 2 rings (SSSR count). The minimum absolute atomic E-state index is 0.0867. The van der Waals surface area contributed by atoms with Crippen LogP contribution in [0.1, 0.15) is 17.3 Å². The number of rotatable bonds is 2. The fourth-order valence-corrected chi connectivity index (χ4v) is 1.67. The Kier molecular flexibility index (Phi) is 3.92. The lowest BCUT2D eigenvalue weighted by molar-refractivity contribution is -0.111. The van der Waals surface area contributed by atoms with E-state index < -0.39 is 5.97 Å². The van der Waals surface area contributed by atoms with Crippen LogP contribution in [0, 0.1) is 0 Å². The van der Waals surface area contributed by atoms with Crippen molar-refractivity contribution in [2.75, 3.05) is 0 Å². The number of allylic oxidation sites excluding steroid dienone is 4. The van der Waals surface area contributed by atoms with Crippen LogP contribution in [0.15, 0.2) is 53.2 Å². The highest BCUT2D eigenvalue weighted by Gasteiger charge is 2.12. The second-order valence-corrected chi connectivity index (χ2v) is 4.31. The summed E-state index contributed by atoms with van der Waals surface area (Å²) in [6, 6.07) is 6.53. The summed E-state index contributed by atoms with van der Waals surface area (Å²) in [5.41, 5.74) is 1.18. The number of carbonyl (C=O) groups excluding carboxylic acids is 2. The highest BCUT2D eigenvalue weighted by atomic mass is 35.5. The Morgan fingerprint density at radius 3 is 2.68 bits per heavy atom. The van der Waals surface area contributed by atoms with E-state index in [-0.39, 0.29) is 11.3 Å². The van der Waals surface area contributed by atoms with E-state index >= 15 is 0 Å². The van der Waals surface area contributed by atoms with Crippen molar-refractivity contribution in [3.63, 3.8) is 0 Å². The van der Waals surface area contributed by atoms with Crippen LogP contribution in [0.2, 0.25) is 5.02 Å². The van der Waals surface area contributed by atoms with Crippen LogP contribution in [0.25, 0.3) is 0 Å². The van der Waals surface area contributed by atoms with Crippen molar-refractivity contribution in [1.82, 2.24) is 0 Å². The molecule has 0 heterocycles. The maximum absolute atomic E-state index is 11.7. The van der Waals surface area contributed by atoms with E-state index in [2.05, 4.69) is 5.16 Å². The van der Waals surface area contributed by atoms with Crippen molar-refractivity contribution in [1.29, 1.82) is 0 Å². The second-order valence-electron chi connectivity index (χ2n) is 3.90. The summed E-state index contributed by atoms with van der Waals surface area (Å²) in [6.07, 6.45) is 4.40. The number of hydrogen-bond donors (Lipinski definition) is 0. The SMILES string of the molecule is CC1=CC(=NOC(=O)c2ccccc2Cl)C=CC1=O. The van der Waals surface area contributed by atoms with E-state index in [4.69, 9.17) is 16.4 Å². The normalized spacial score (nSPS) is 16.4. The van der Waals surface area contributed by atoms with E-state index in [9.17, 15) is 9.59 Å². The third kappa shape index (κ3) is 3.17. The standard InChI is InChI=1S/C14H10ClNO3/c1-9-8-10(6-7-13(9)17)16-19-14(18)11-4-2-3-5-12(11)15/h2-8H,1H3. The van der Waals surface area contributed by atoms with Gasteiger partial charge in [0.2, 0.25) is 0 Å². The first-order valence-corrected chi connectivity index (χ1v) is 5.90. The third-order valence-electron chi connectivity index (χ3n) is 2.49. The van der Waals surface area contributed by atoms with Crippen LogP contribution in [-0.4, -0.2) is 17.5 Å². The van der Waals surface area contributed by atoms with Crippen molar-refractivity contribution in [3.05, 3.63) is 58.7 Å². The average Bonchev–Trinajstić information content (AvgIpc) is 2.40. The molecule has 5 heteroatoms. The van der Waals surface area contributed by atoms with Gasteiger partial charge < -0.3 is 4.84 Å². The number of nitrogens with zero attached hydrogens (tertiary/aromatic N) is 1. The lowest BCUT2D eigenvalue weighted by Crippen LogP contribution is -2.08. The average molecular weight is 276 g/mol. The molecule has 19 heavy (non-hydrogen) atoms. The van der Waals surface area contributed by atoms with Crippen molar-refractivity contribution >= 4 is 29.1 Å². The maximum atomic E-state index is 11.7. The molecule has 0 amide bonds. The van der Waals surface area contributed by atoms with Crippen molar-refractivity contribution in [2.24, 2.45) is 5.16 Å². The molecule has 0 fully saturated rings. The van der Waals surface area contributed by atoms with Gasteiger partial charge in [-0.05, 0) is 42.9 Å². The first-order chi connectivity index (χ1) is 9.08. The molecule has 0 aliphatic heterocycles. The molecular weight excluding hydrogens is 266 g/mol. The summed E-state index contributed by atoms with van der Waals surface area (Å²) in [6.45, 7) is 1.66. The van der Waals surface area contributed by atoms with Crippen LogP contribution < -0.4 is 0 Å². The van der Waals surface area contributed by atoms with E-state index in [0.29, 0.717) is 16.3 Å². The predicted octanol–water partition coefficient (Wildman–Crippen LogP) is 2.94. The quantitative estimate of drug-likeness (QED) is 0.474. The summed E-state index contributed by atoms with van der Waals surface area (Å²) in [4.78, 5) is 27.7. The Bertz CT molecular complexity index is 629. The van der Waals surface area contributed by atoms with Gasteiger partial charge in [0.05, 0.1) is 10.6 Å². The van der Waals surface area contributed by atoms with Gasteiger partial charge in [-0.3, -0.25) is 4.79 Å². The zero-order valence-electron chi connectivity index (χ0n) is 10.1. The zero-order chi connectivity index (χ0) is 13.8. The Balaban J connectivity index is 2.12. The van der Waals surface area contributed by atoms with Gasteiger partial charge in [0.25, 0.3) is 0 Å². The van der Waals surface area contributed by atoms with E-state index in [1.54, 1.807) is 37.3 Å². The van der Waals surface area contributed by atoms with Gasteiger partial charge in [-0.25, -0.2) is 4.79 Å². The third-order valence-corrected chi connectivity index (χ3v) is 2.82. The number of halogens is 1. The molecule has 0 bridgehead atoms. The Labute approximate surface area is 115 Å². The molecule has 1 aromatic carbocycles. The molecule has 96 valence electrons. The monoisotopic (exact) mass is 275 g/mol. The largest absolute Gasteiger partial charge is 0.367 e. The van der Waals surface area contributed by atoms with Gasteiger partial charge in [-0.15, -0.1) is 0 Å². The van der Waals surface area contributed by atoms with Crippen molar-refractivity contribution in [3.8, 4) is 0 Å². The summed E-state index contributed by atoms with van der Waals surface area (Å²) < 4.78 is 0. The lowest BCUT2D eigenvalue weighted by atomic mass is 10.1. The first kappa shape index (κ1) is 13.2. The van der Waals surface area contributed by atoms with Gasteiger partial charge in [-0.2, -0.15) is 0 Å². The fourth-order valence-electron chi connectivity index (χ4n) is 1.46. The Hall–Kier alpha value is -2.20. The molecule has 0 aromatic heterocycles. The second kappa shape index (κ2) is 5.63. The topological polar surface area (TPSA) is 55.7 Å². The number of carbonyl (C=O) groups is 2. The summed E-state index contributed by atoms with van der Waals surface area (Å²) in [5.74, 6) is -0.731. The molecule has 1 aliphatic rings. The highest BCUT2D eigenvalue weighted by molar-refractivity contribution is 6.33. The molecule has 0 saturated heterocycles. The zero-order valence-corrected chi connectivity index (χ0v) is 10.8. The Morgan fingerprint density at radius 1 is 1.26 bits per heavy atom. The summed E-state index contributed by atoms with van der Waals surface area (Å²) in [5, 5.41) is 3.98. The molecule has 0 N–H and O–H groups in total. The number of oxime groups is 1. The summed E-state index contributed by atoms with van der Waals surface area (Å²) >= 11 is 5.86. The Morgan fingerprint density at radius 2 is 2.00 bits per heavy atom. The number of hydrogen-bond acceptors (Lipinski definition) is 4. The van der Waals surface area contributed by atoms with Crippen LogP contribution in [-0.2, 0) is 9.63 Å².